The number of hydrogen-bond donors (Lipinski definition) is 4. The normalized spacial score (nSPS) is 10.3. The van der Waals surface area contributed by atoms with Gasteiger partial charge in [0.15, 0.2) is 11.5 Å². The predicted molar refractivity (Wildman–Crippen MR) is 69.9 cm³/mol. The first-order valence-electron chi connectivity index (χ1n) is 5.61. The van der Waals surface area contributed by atoms with Gasteiger partial charge in [0.05, 0.1) is 0 Å². The molecule has 2 aromatic rings. The summed E-state index contributed by atoms with van der Waals surface area (Å²) < 4.78 is 0. The molecule has 0 heterocycles. The number of phenols is 3. The summed E-state index contributed by atoms with van der Waals surface area (Å²) in [5.74, 6) is -0.0172. The number of rotatable bonds is 3. The molecule has 0 aromatic heterocycles. The Kier molecular flexibility index (Phi) is 3.28. The van der Waals surface area contributed by atoms with Crippen LogP contribution in [-0.2, 0) is 6.54 Å². The molecule has 0 aliphatic rings. The van der Waals surface area contributed by atoms with Crippen LogP contribution in [0.15, 0.2) is 36.4 Å². The van der Waals surface area contributed by atoms with E-state index in [1.54, 1.807) is 30.3 Å². The van der Waals surface area contributed by atoms with Crippen LogP contribution in [0.3, 0.4) is 0 Å². The van der Waals surface area contributed by atoms with Gasteiger partial charge < -0.3 is 20.6 Å². The highest BCUT2D eigenvalue weighted by Crippen LogP contribution is 2.29. The van der Waals surface area contributed by atoms with Crippen molar-refractivity contribution in [1.82, 2.24) is 0 Å². The maximum atomic E-state index is 9.66. The summed E-state index contributed by atoms with van der Waals surface area (Å²) in [6, 6.07) is 9.87. The maximum absolute atomic E-state index is 9.66. The van der Waals surface area contributed by atoms with Crippen LogP contribution < -0.4 is 5.32 Å². The van der Waals surface area contributed by atoms with Crippen LogP contribution in [0.1, 0.15) is 11.1 Å². The highest BCUT2D eigenvalue weighted by Gasteiger charge is 2.06. The second-order valence-electron chi connectivity index (χ2n) is 4.14. The van der Waals surface area contributed by atoms with Crippen molar-refractivity contribution in [1.29, 1.82) is 0 Å². The monoisotopic (exact) mass is 245 g/mol. The molecule has 0 saturated heterocycles. The molecule has 2 rings (SSSR count). The predicted octanol–water partition coefficient (Wildman–Crippen LogP) is 2.72. The SMILES string of the molecule is Cc1cc(O)ccc1NCc1cccc(O)c1O. The van der Waals surface area contributed by atoms with E-state index in [0.29, 0.717) is 12.1 Å². The third kappa shape index (κ3) is 2.48. The van der Waals surface area contributed by atoms with Gasteiger partial charge in [0.25, 0.3) is 0 Å². The molecule has 0 saturated carbocycles. The van der Waals surface area contributed by atoms with Gasteiger partial charge in [-0.25, -0.2) is 0 Å². The van der Waals surface area contributed by atoms with Crippen LogP contribution in [0.25, 0.3) is 0 Å². The van der Waals surface area contributed by atoms with E-state index in [0.717, 1.165) is 11.3 Å². The van der Waals surface area contributed by atoms with Crippen molar-refractivity contribution in [2.75, 3.05) is 5.32 Å². The number of benzene rings is 2. The van der Waals surface area contributed by atoms with Crippen molar-refractivity contribution in [2.45, 2.75) is 13.5 Å². The molecule has 0 aliphatic carbocycles. The van der Waals surface area contributed by atoms with Crippen LogP contribution in [-0.4, -0.2) is 15.3 Å². The summed E-state index contributed by atoms with van der Waals surface area (Å²) >= 11 is 0. The lowest BCUT2D eigenvalue weighted by Gasteiger charge is -2.11. The molecule has 2 aromatic carbocycles. The van der Waals surface area contributed by atoms with Gasteiger partial charge >= 0.3 is 0 Å². The Balaban J connectivity index is 2.14. The van der Waals surface area contributed by atoms with Gasteiger partial charge in [0, 0.05) is 17.8 Å². The smallest absolute Gasteiger partial charge is 0.162 e. The number of hydrogen-bond acceptors (Lipinski definition) is 4. The standard InChI is InChI=1S/C14H15NO3/c1-9-7-11(16)5-6-12(9)15-8-10-3-2-4-13(17)14(10)18/h2-7,15-18H,8H2,1H3. The molecular formula is C14H15NO3. The number of para-hydroxylation sites is 1. The van der Waals surface area contributed by atoms with E-state index in [-0.39, 0.29) is 17.2 Å². The average Bonchev–Trinajstić information content (AvgIpc) is 2.33. The summed E-state index contributed by atoms with van der Waals surface area (Å²) in [5, 5.41) is 31.5. The summed E-state index contributed by atoms with van der Waals surface area (Å²) in [5.41, 5.74) is 2.40. The zero-order valence-corrected chi connectivity index (χ0v) is 10.0. The molecule has 0 aliphatic heterocycles. The van der Waals surface area contributed by atoms with E-state index in [1.165, 1.54) is 6.07 Å². The van der Waals surface area contributed by atoms with Crippen molar-refractivity contribution < 1.29 is 15.3 Å². The van der Waals surface area contributed by atoms with Gasteiger partial charge in [-0.15, -0.1) is 0 Å². The Hall–Kier alpha value is -2.36. The van der Waals surface area contributed by atoms with Gasteiger partial charge in [0.1, 0.15) is 5.75 Å². The molecule has 0 fully saturated rings. The second kappa shape index (κ2) is 4.87. The van der Waals surface area contributed by atoms with Crippen molar-refractivity contribution >= 4 is 5.69 Å². The molecular weight excluding hydrogens is 230 g/mol. The minimum Gasteiger partial charge on any atom is -0.508 e. The number of nitrogens with one attached hydrogen (secondary N) is 1. The van der Waals surface area contributed by atoms with E-state index >= 15 is 0 Å². The third-order valence-electron chi connectivity index (χ3n) is 2.78. The van der Waals surface area contributed by atoms with E-state index in [1.807, 2.05) is 6.92 Å². The zero-order chi connectivity index (χ0) is 13.1. The topological polar surface area (TPSA) is 72.7 Å². The maximum Gasteiger partial charge on any atom is 0.162 e. The molecule has 0 radical (unpaired) electrons. The number of phenolic OH excluding ortho intramolecular Hbond substituents is 3. The largest absolute Gasteiger partial charge is 0.508 e. The molecule has 94 valence electrons. The van der Waals surface area contributed by atoms with Gasteiger partial charge in [0.2, 0.25) is 0 Å². The molecule has 18 heavy (non-hydrogen) atoms. The highest BCUT2D eigenvalue weighted by atomic mass is 16.3. The van der Waals surface area contributed by atoms with Crippen molar-refractivity contribution in [3.05, 3.63) is 47.5 Å². The first kappa shape index (κ1) is 12.1. The van der Waals surface area contributed by atoms with Crippen LogP contribution in [0.5, 0.6) is 17.2 Å². The first-order valence-corrected chi connectivity index (χ1v) is 5.61. The Morgan fingerprint density at radius 3 is 2.56 bits per heavy atom. The van der Waals surface area contributed by atoms with Crippen molar-refractivity contribution in [3.63, 3.8) is 0 Å². The van der Waals surface area contributed by atoms with Crippen LogP contribution >= 0.6 is 0 Å². The fourth-order valence-corrected chi connectivity index (χ4v) is 1.76. The van der Waals surface area contributed by atoms with Gasteiger partial charge in [-0.1, -0.05) is 12.1 Å². The van der Waals surface area contributed by atoms with Crippen molar-refractivity contribution in [2.24, 2.45) is 0 Å². The fraction of sp³-hybridized carbons (Fsp3) is 0.143. The van der Waals surface area contributed by atoms with Crippen LogP contribution in [0.4, 0.5) is 5.69 Å². The number of anilines is 1. The molecule has 0 spiro atoms. The van der Waals surface area contributed by atoms with Gasteiger partial charge in [-0.05, 0) is 36.8 Å². The Bertz CT molecular complexity index is 567. The van der Waals surface area contributed by atoms with E-state index in [4.69, 9.17) is 0 Å². The first-order chi connectivity index (χ1) is 8.58. The van der Waals surface area contributed by atoms with Crippen LogP contribution in [0.2, 0.25) is 0 Å². The van der Waals surface area contributed by atoms with E-state index in [2.05, 4.69) is 5.32 Å². The quantitative estimate of drug-likeness (QED) is 0.495. The molecule has 4 nitrogen and oxygen atoms in total. The lowest BCUT2D eigenvalue weighted by Crippen LogP contribution is -2.01. The summed E-state index contributed by atoms with van der Waals surface area (Å²) in [4.78, 5) is 0. The average molecular weight is 245 g/mol. The summed E-state index contributed by atoms with van der Waals surface area (Å²) in [6.07, 6.45) is 0. The Morgan fingerprint density at radius 1 is 1.06 bits per heavy atom. The molecule has 0 unspecified atom stereocenters. The zero-order valence-electron chi connectivity index (χ0n) is 10.0. The molecule has 0 amide bonds. The third-order valence-corrected chi connectivity index (χ3v) is 2.78. The summed E-state index contributed by atoms with van der Waals surface area (Å²) in [6.45, 7) is 2.27. The minimum atomic E-state index is -0.128. The molecule has 0 bridgehead atoms. The fourth-order valence-electron chi connectivity index (χ4n) is 1.76. The lowest BCUT2D eigenvalue weighted by molar-refractivity contribution is 0.400. The molecule has 4 heteroatoms. The van der Waals surface area contributed by atoms with E-state index < -0.39 is 0 Å². The Morgan fingerprint density at radius 2 is 1.83 bits per heavy atom. The molecule has 4 N–H and O–H groups in total. The molecule has 0 atom stereocenters. The van der Waals surface area contributed by atoms with Gasteiger partial charge in [-0.2, -0.15) is 0 Å². The summed E-state index contributed by atoms with van der Waals surface area (Å²) in [7, 11) is 0. The van der Waals surface area contributed by atoms with E-state index in [9.17, 15) is 15.3 Å². The second-order valence-corrected chi connectivity index (χ2v) is 4.14. The number of aryl methyl sites for hydroxylation is 1. The van der Waals surface area contributed by atoms with Gasteiger partial charge in [-0.3, -0.25) is 0 Å². The van der Waals surface area contributed by atoms with Crippen LogP contribution in [0, 0.1) is 6.92 Å². The lowest BCUT2D eigenvalue weighted by atomic mass is 10.1. The Labute approximate surface area is 105 Å². The highest BCUT2D eigenvalue weighted by molar-refractivity contribution is 5.54. The van der Waals surface area contributed by atoms with Crippen molar-refractivity contribution in [3.8, 4) is 17.2 Å². The minimum absolute atomic E-state index is 0.110. The number of aromatic hydroxyl groups is 3.